The summed E-state index contributed by atoms with van der Waals surface area (Å²) in [6.07, 6.45) is 6.68. The van der Waals surface area contributed by atoms with E-state index in [0.717, 1.165) is 25.7 Å². The van der Waals surface area contributed by atoms with Crippen molar-refractivity contribution in [3.05, 3.63) is 34.4 Å². The molecule has 1 saturated carbocycles. The van der Waals surface area contributed by atoms with Gasteiger partial charge in [-0.15, -0.1) is 0 Å². The van der Waals surface area contributed by atoms with Crippen LogP contribution in [0.3, 0.4) is 0 Å². The number of carbonyl (C=O) groups is 2. The van der Waals surface area contributed by atoms with E-state index in [4.69, 9.17) is 21.4 Å². The molecular formula is C18H19ClN2O4. The molecule has 132 valence electrons. The predicted octanol–water partition coefficient (Wildman–Crippen LogP) is 3.16. The summed E-state index contributed by atoms with van der Waals surface area (Å²) in [4.78, 5) is 22.8. The van der Waals surface area contributed by atoms with Crippen LogP contribution in [0.1, 0.15) is 37.7 Å². The summed E-state index contributed by atoms with van der Waals surface area (Å²) in [7, 11) is 0. The molecule has 0 bridgehead atoms. The number of carbonyl (C=O) groups excluding carboxylic acids is 1. The lowest BCUT2D eigenvalue weighted by atomic mass is 9.95. The van der Waals surface area contributed by atoms with Crippen LogP contribution in [0.4, 0.5) is 0 Å². The van der Waals surface area contributed by atoms with Crippen molar-refractivity contribution in [1.29, 1.82) is 5.26 Å². The number of halogens is 1. The van der Waals surface area contributed by atoms with Gasteiger partial charge < -0.3 is 15.2 Å². The maximum absolute atomic E-state index is 12.3. The highest BCUT2D eigenvalue weighted by Crippen LogP contribution is 2.26. The van der Waals surface area contributed by atoms with Crippen molar-refractivity contribution in [3.8, 4) is 11.8 Å². The third kappa shape index (κ3) is 5.80. The van der Waals surface area contributed by atoms with Crippen LogP contribution >= 0.6 is 11.6 Å². The number of nitrogens with one attached hydrogen (secondary N) is 1. The second kappa shape index (κ2) is 9.09. The summed E-state index contributed by atoms with van der Waals surface area (Å²) in [6, 6.07) is 6.66. The van der Waals surface area contributed by atoms with Crippen LogP contribution in [0.2, 0.25) is 5.02 Å². The highest BCUT2D eigenvalue weighted by molar-refractivity contribution is 6.32. The number of hydrogen-bond acceptors (Lipinski definition) is 4. The number of nitrogens with zero attached hydrogens (tertiary/aromatic N) is 1. The molecular weight excluding hydrogens is 344 g/mol. The van der Waals surface area contributed by atoms with Gasteiger partial charge in [-0.3, -0.25) is 4.79 Å². The lowest BCUT2D eigenvalue weighted by molar-refractivity contribution is -0.139. The zero-order chi connectivity index (χ0) is 18.2. The molecule has 6 nitrogen and oxygen atoms in total. The third-order valence-corrected chi connectivity index (χ3v) is 4.22. The van der Waals surface area contributed by atoms with E-state index in [-0.39, 0.29) is 22.4 Å². The van der Waals surface area contributed by atoms with Gasteiger partial charge >= 0.3 is 5.97 Å². The van der Waals surface area contributed by atoms with Gasteiger partial charge in [-0.25, -0.2) is 4.79 Å². The molecule has 2 N–H and O–H groups in total. The van der Waals surface area contributed by atoms with Gasteiger partial charge in [0.25, 0.3) is 5.91 Å². The van der Waals surface area contributed by atoms with Gasteiger partial charge in [0.2, 0.25) is 0 Å². The van der Waals surface area contributed by atoms with Crippen molar-refractivity contribution in [1.82, 2.24) is 5.32 Å². The van der Waals surface area contributed by atoms with Crippen molar-refractivity contribution in [2.45, 2.75) is 38.1 Å². The van der Waals surface area contributed by atoms with Gasteiger partial charge in [0, 0.05) is 6.04 Å². The van der Waals surface area contributed by atoms with Crippen molar-refractivity contribution in [2.24, 2.45) is 0 Å². The number of aliphatic carboxylic acids is 1. The predicted molar refractivity (Wildman–Crippen MR) is 93.2 cm³/mol. The number of benzene rings is 1. The quantitative estimate of drug-likeness (QED) is 0.598. The molecule has 1 aromatic carbocycles. The highest BCUT2D eigenvalue weighted by atomic mass is 35.5. The van der Waals surface area contributed by atoms with Crippen LogP contribution in [-0.4, -0.2) is 29.6 Å². The fraction of sp³-hybridized carbons (Fsp3) is 0.389. The van der Waals surface area contributed by atoms with Crippen LogP contribution in [-0.2, 0) is 9.59 Å². The Morgan fingerprint density at radius 3 is 2.68 bits per heavy atom. The SMILES string of the molecule is N#C/C(=C/c1ccc(OCC(=O)O)c(Cl)c1)C(=O)NC1CCCCC1. The van der Waals surface area contributed by atoms with E-state index in [2.05, 4.69) is 5.32 Å². The lowest BCUT2D eigenvalue weighted by Crippen LogP contribution is -2.36. The zero-order valence-corrected chi connectivity index (χ0v) is 14.4. The summed E-state index contributed by atoms with van der Waals surface area (Å²) < 4.78 is 5.04. The van der Waals surface area contributed by atoms with Crippen molar-refractivity contribution < 1.29 is 19.4 Å². The topological polar surface area (TPSA) is 99.4 Å². The van der Waals surface area contributed by atoms with Gasteiger partial charge in [0.05, 0.1) is 5.02 Å². The summed E-state index contributed by atoms with van der Waals surface area (Å²) >= 11 is 6.04. The van der Waals surface area contributed by atoms with Crippen molar-refractivity contribution >= 4 is 29.6 Å². The Hall–Kier alpha value is -2.52. The second-order valence-corrected chi connectivity index (χ2v) is 6.26. The highest BCUT2D eigenvalue weighted by Gasteiger charge is 2.18. The maximum atomic E-state index is 12.3. The summed E-state index contributed by atoms with van der Waals surface area (Å²) in [6.45, 7) is -0.498. The molecule has 1 aliphatic rings. The van der Waals surface area contributed by atoms with Gasteiger partial charge in [-0.05, 0) is 36.6 Å². The molecule has 0 atom stereocenters. The number of ether oxygens (including phenoxy) is 1. The number of carboxylic acids is 1. The Morgan fingerprint density at radius 1 is 1.36 bits per heavy atom. The van der Waals surface area contributed by atoms with Gasteiger partial charge in [-0.2, -0.15) is 5.26 Å². The summed E-state index contributed by atoms with van der Waals surface area (Å²) in [5.41, 5.74) is 0.559. The molecule has 1 aromatic rings. The smallest absolute Gasteiger partial charge is 0.341 e. The normalized spacial score (nSPS) is 15.3. The average Bonchev–Trinajstić information content (AvgIpc) is 2.59. The van der Waals surface area contributed by atoms with E-state index >= 15 is 0 Å². The van der Waals surface area contributed by atoms with Crippen LogP contribution in [0, 0.1) is 11.3 Å². The largest absolute Gasteiger partial charge is 0.480 e. The van der Waals surface area contributed by atoms with E-state index in [0.29, 0.717) is 5.56 Å². The van der Waals surface area contributed by atoms with Gasteiger partial charge in [0.1, 0.15) is 17.4 Å². The molecule has 1 amide bonds. The monoisotopic (exact) mass is 362 g/mol. The van der Waals surface area contributed by atoms with Crippen LogP contribution < -0.4 is 10.1 Å². The van der Waals surface area contributed by atoms with Crippen molar-refractivity contribution in [2.75, 3.05) is 6.61 Å². The third-order valence-electron chi connectivity index (χ3n) is 3.92. The van der Waals surface area contributed by atoms with E-state index in [1.54, 1.807) is 6.07 Å². The lowest BCUT2D eigenvalue weighted by Gasteiger charge is -2.22. The van der Waals surface area contributed by atoms with E-state index in [1.807, 2.05) is 6.07 Å². The molecule has 7 heteroatoms. The van der Waals surface area contributed by atoms with Crippen LogP contribution in [0.25, 0.3) is 6.08 Å². The number of amides is 1. The molecule has 0 aliphatic heterocycles. The Morgan fingerprint density at radius 2 is 2.08 bits per heavy atom. The average molecular weight is 363 g/mol. The molecule has 0 heterocycles. The van der Waals surface area contributed by atoms with Gasteiger partial charge in [-0.1, -0.05) is 36.9 Å². The molecule has 2 rings (SSSR count). The molecule has 0 aromatic heterocycles. The zero-order valence-electron chi connectivity index (χ0n) is 13.6. The number of carboxylic acid groups (broad SMARTS) is 1. The molecule has 1 fully saturated rings. The van der Waals surface area contributed by atoms with E-state index in [1.165, 1.54) is 24.6 Å². The fourth-order valence-corrected chi connectivity index (χ4v) is 2.93. The first-order valence-corrected chi connectivity index (χ1v) is 8.44. The molecule has 25 heavy (non-hydrogen) atoms. The molecule has 1 aliphatic carbocycles. The van der Waals surface area contributed by atoms with Crippen molar-refractivity contribution in [3.63, 3.8) is 0 Å². The Bertz CT molecular complexity index is 718. The molecule has 0 spiro atoms. The molecule has 0 saturated heterocycles. The Labute approximate surface area is 151 Å². The minimum absolute atomic E-state index is 0.000782. The summed E-state index contributed by atoms with van der Waals surface area (Å²) in [5.74, 6) is -1.27. The summed E-state index contributed by atoms with van der Waals surface area (Å²) in [5, 5.41) is 21.0. The fourth-order valence-electron chi connectivity index (χ4n) is 2.69. The van der Waals surface area contributed by atoms with Crippen LogP contribution in [0.5, 0.6) is 5.75 Å². The number of rotatable bonds is 6. The second-order valence-electron chi connectivity index (χ2n) is 5.85. The first kappa shape index (κ1) is 18.8. The van der Waals surface area contributed by atoms with Crippen LogP contribution in [0.15, 0.2) is 23.8 Å². The Balaban J connectivity index is 2.07. The number of hydrogen-bond donors (Lipinski definition) is 2. The standard InChI is InChI=1S/C18H19ClN2O4/c19-15-9-12(6-7-16(15)25-11-17(22)23)8-13(10-20)18(24)21-14-4-2-1-3-5-14/h6-9,14H,1-5,11H2,(H,21,24)(H,22,23)/b13-8-. The first-order valence-electron chi connectivity index (χ1n) is 8.06. The minimum Gasteiger partial charge on any atom is -0.480 e. The van der Waals surface area contributed by atoms with E-state index < -0.39 is 18.5 Å². The molecule has 0 unspecified atom stereocenters. The Kier molecular flexibility index (Phi) is 6.84. The van der Waals surface area contributed by atoms with E-state index in [9.17, 15) is 14.9 Å². The minimum atomic E-state index is -1.11. The molecule has 0 radical (unpaired) electrons. The maximum Gasteiger partial charge on any atom is 0.341 e. The first-order chi connectivity index (χ1) is 12.0. The van der Waals surface area contributed by atoms with Gasteiger partial charge in [0.15, 0.2) is 6.61 Å². The number of nitriles is 1.